The van der Waals surface area contributed by atoms with Crippen LogP contribution in [-0.2, 0) is 11.2 Å². The largest absolute Gasteiger partial charge is 0.318 e. The van der Waals surface area contributed by atoms with E-state index in [-0.39, 0.29) is 0 Å². The first-order chi connectivity index (χ1) is 5.79. The minimum atomic E-state index is 0.828. The number of anilines is 1. The Hall–Kier alpha value is -1.31. The van der Waals surface area contributed by atoms with Crippen molar-refractivity contribution in [3.8, 4) is 0 Å². The third-order valence-electron chi connectivity index (χ3n) is 1.91. The number of nitrogens with zero attached hydrogens (tertiary/aromatic N) is 1. The molecule has 1 aromatic carbocycles. The highest BCUT2D eigenvalue weighted by atomic mass is 16.1. The maximum atomic E-state index is 10.5. The fourth-order valence-electron chi connectivity index (χ4n) is 1.21. The normalized spacial score (nSPS) is 9.50. The second-order valence-electron chi connectivity index (χ2n) is 2.70. The number of hydrogen-bond acceptors (Lipinski definition) is 1. The highest BCUT2D eigenvalue weighted by Gasteiger charge is 2.02. The maximum Gasteiger partial charge on any atom is 0.213 e. The Bertz CT molecular complexity index is 270. The fourth-order valence-corrected chi connectivity index (χ4v) is 1.21. The highest BCUT2D eigenvalue weighted by molar-refractivity contribution is 5.76. The number of carbonyl (C=O) groups is 1. The van der Waals surface area contributed by atoms with Crippen LogP contribution in [-0.4, -0.2) is 13.5 Å². The van der Waals surface area contributed by atoms with E-state index in [1.165, 1.54) is 5.56 Å². The first-order valence-corrected chi connectivity index (χ1v) is 4.05. The van der Waals surface area contributed by atoms with E-state index in [4.69, 9.17) is 0 Å². The lowest BCUT2D eigenvalue weighted by atomic mass is 10.1. The third kappa shape index (κ3) is 1.64. The minimum absolute atomic E-state index is 0.828. The van der Waals surface area contributed by atoms with Gasteiger partial charge in [0, 0.05) is 12.7 Å². The van der Waals surface area contributed by atoms with Crippen molar-refractivity contribution in [1.82, 2.24) is 0 Å². The summed E-state index contributed by atoms with van der Waals surface area (Å²) in [6, 6.07) is 7.91. The van der Waals surface area contributed by atoms with Crippen molar-refractivity contribution >= 4 is 12.1 Å². The van der Waals surface area contributed by atoms with E-state index >= 15 is 0 Å². The smallest absolute Gasteiger partial charge is 0.213 e. The van der Waals surface area contributed by atoms with Crippen LogP contribution >= 0.6 is 0 Å². The molecular weight excluding hydrogens is 150 g/mol. The molecule has 0 atom stereocenters. The van der Waals surface area contributed by atoms with Crippen LogP contribution in [0.1, 0.15) is 12.5 Å². The summed E-state index contributed by atoms with van der Waals surface area (Å²) in [5, 5.41) is 0. The molecule has 0 N–H and O–H groups in total. The van der Waals surface area contributed by atoms with Crippen molar-refractivity contribution in [3.63, 3.8) is 0 Å². The van der Waals surface area contributed by atoms with Crippen molar-refractivity contribution in [2.24, 2.45) is 0 Å². The van der Waals surface area contributed by atoms with E-state index in [0.717, 1.165) is 18.5 Å². The van der Waals surface area contributed by atoms with Crippen molar-refractivity contribution in [2.45, 2.75) is 13.3 Å². The average Bonchev–Trinajstić information content (AvgIpc) is 2.16. The molecule has 0 spiro atoms. The number of para-hydroxylation sites is 1. The van der Waals surface area contributed by atoms with E-state index < -0.39 is 0 Å². The van der Waals surface area contributed by atoms with Crippen molar-refractivity contribution in [2.75, 3.05) is 11.9 Å². The molecule has 0 radical (unpaired) electrons. The summed E-state index contributed by atoms with van der Waals surface area (Å²) < 4.78 is 0. The van der Waals surface area contributed by atoms with E-state index in [0.29, 0.717) is 0 Å². The van der Waals surface area contributed by atoms with Gasteiger partial charge in [-0.1, -0.05) is 25.1 Å². The highest BCUT2D eigenvalue weighted by Crippen LogP contribution is 2.17. The Labute approximate surface area is 72.8 Å². The van der Waals surface area contributed by atoms with Crippen LogP contribution in [0.4, 0.5) is 5.69 Å². The molecule has 12 heavy (non-hydrogen) atoms. The van der Waals surface area contributed by atoms with Gasteiger partial charge in [0.25, 0.3) is 0 Å². The lowest BCUT2D eigenvalue weighted by Crippen LogP contribution is -2.15. The van der Waals surface area contributed by atoms with Gasteiger partial charge in [0.15, 0.2) is 0 Å². The number of benzene rings is 1. The second-order valence-corrected chi connectivity index (χ2v) is 2.70. The number of amides is 1. The Morgan fingerprint density at radius 2 is 2.08 bits per heavy atom. The SMILES string of the molecule is CCc1ccccc1N(C)C=O. The molecule has 0 aliphatic carbocycles. The molecule has 1 rings (SSSR count). The first-order valence-electron chi connectivity index (χ1n) is 4.05. The summed E-state index contributed by atoms with van der Waals surface area (Å²) in [6.45, 7) is 2.08. The van der Waals surface area contributed by atoms with Crippen LogP contribution in [0, 0.1) is 0 Å². The number of carbonyl (C=O) groups excluding carboxylic acids is 1. The van der Waals surface area contributed by atoms with Gasteiger partial charge in [0.1, 0.15) is 0 Å². The molecule has 1 aromatic rings. The Morgan fingerprint density at radius 3 is 2.67 bits per heavy atom. The van der Waals surface area contributed by atoms with Gasteiger partial charge < -0.3 is 4.90 Å². The van der Waals surface area contributed by atoms with Crippen LogP contribution in [0.25, 0.3) is 0 Å². The number of aryl methyl sites for hydroxylation is 1. The van der Waals surface area contributed by atoms with Crippen molar-refractivity contribution in [3.05, 3.63) is 29.8 Å². The molecule has 0 aromatic heterocycles. The van der Waals surface area contributed by atoms with Crippen LogP contribution < -0.4 is 4.90 Å². The predicted molar refractivity (Wildman–Crippen MR) is 50.3 cm³/mol. The monoisotopic (exact) mass is 163 g/mol. The maximum absolute atomic E-state index is 10.5. The molecule has 0 fully saturated rings. The molecule has 0 saturated carbocycles. The lowest BCUT2D eigenvalue weighted by molar-refractivity contribution is -0.107. The van der Waals surface area contributed by atoms with Gasteiger partial charge >= 0.3 is 0 Å². The molecule has 2 nitrogen and oxygen atoms in total. The fraction of sp³-hybridized carbons (Fsp3) is 0.300. The summed E-state index contributed by atoms with van der Waals surface area (Å²) in [5.41, 5.74) is 2.20. The van der Waals surface area contributed by atoms with E-state index in [2.05, 4.69) is 6.92 Å². The van der Waals surface area contributed by atoms with Gasteiger partial charge in [-0.05, 0) is 18.1 Å². The molecule has 1 amide bonds. The number of hydrogen-bond donors (Lipinski definition) is 0. The summed E-state index contributed by atoms with van der Waals surface area (Å²) in [4.78, 5) is 12.1. The molecule has 0 heterocycles. The average molecular weight is 163 g/mol. The van der Waals surface area contributed by atoms with Crippen LogP contribution in [0.5, 0.6) is 0 Å². The summed E-state index contributed by atoms with van der Waals surface area (Å²) in [5.74, 6) is 0. The molecule has 0 aliphatic heterocycles. The Morgan fingerprint density at radius 1 is 1.42 bits per heavy atom. The quantitative estimate of drug-likeness (QED) is 0.623. The van der Waals surface area contributed by atoms with E-state index in [9.17, 15) is 4.79 Å². The van der Waals surface area contributed by atoms with Crippen LogP contribution in [0.3, 0.4) is 0 Å². The Balaban J connectivity index is 3.04. The summed E-state index contributed by atoms with van der Waals surface area (Å²) in [7, 11) is 1.77. The summed E-state index contributed by atoms with van der Waals surface area (Å²) >= 11 is 0. The van der Waals surface area contributed by atoms with Gasteiger partial charge in [-0.15, -0.1) is 0 Å². The van der Waals surface area contributed by atoms with Crippen molar-refractivity contribution < 1.29 is 4.79 Å². The van der Waals surface area contributed by atoms with Gasteiger partial charge in [0.05, 0.1) is 0 Å². The standard InChI is InChI=1S/C10H13NO/c1-3-9-6-4-5-7-10(9)11(2)8-12/h4-8H,3H2,1-2H3. The molecular formula is C10H13NO. The van der Waals surface area contributed by atoms with Crippen molar-refractivity contribution in [1.29, 1.82) is 0 Å². The zero-order valence-corrected chi connectivity index (χ0v) is 7.45. The van der Waals surface area contributed by atoms with Crippen LogP contribution in [0.15, 0.2) is 24.3 Å². The van der Waals surface area contributed by atoms with E-state index in [1.807, 2.05) is 24.3 Å². The zero-order chi connectivity index (χ0) is 8.97. The lowest BCUT2D eigenvalue weighted by Gasteiger charge is -2.14. The zero-order valence-electron chi connectivity index (χ0n) is 7.45. The molecule has 64 valence electrons. The van der Waals surface area contributed by atoms with Gasteiger partial charge in [-0.3, -0.25) is 4.79 Å². The Kier molecular flexibility index (Phi) is 2.86. The second kappa shape index (κ2) is 3.90. The molecule has 2 heteroatoms. The first kappa shape index (κ1) is 8.78. The summed E-state index contributed by atoms with van der Waals surface area (Å²) in [6.07, 6.45) is 1.78. The molecule has 0 saturated heterocycles. The molecule has 0 bridgehead atoms. The molecule has 0 aliphatic rings. The number of rotatable bonds is 3. The van der Waals surface area contributed by atoms with Gasteiger partial charge in [-0.25, -0.2) is 0 Å². The van der Waals surface area contributed by atoms with E-state index in [1.54, 1.807) is 11.9 Å². The van der Waals surface area contributed by atoms with Crippen LogP contribution in [0.2, 0.25) is 0 Å². The van der Waals surface area contributed by atoms with Gasteiger partial charge in [0.2, 0.25) is 6.41 Å². The molecule has 0 unspecified atom stereocenters. The third-order valence-corrected chi connectivity index (χ3v) is 1.91. The van der Waals surface area contributed by atoms with Gasteiger partial charge in [-0.2, -0.15) is 0 Å². The minimum Gasteiger partial charge on any atom is -0.318 e. The predicted octanol–water partition coefficient (Wildman–Crippen LogP) is 1.84. The topological polar surface area (TPSA) is 20.3 Å².